The average Bonchev–Trinajstić information content (AvgIpc) is 1.38. The Kier molecular flexibility index (Phi) is 22.7. The maximum absolute atomic E-state index is 4.67. The summed E-state index contributed by atoms with van der Waals surface area (Å²) >= 11 is 0. The second-order valence-corrected chi connectivity index (χ2v) is 1.11. The number of hydrogen-bond acceptors (Lipinski definition) is 1. The van der Waals surface area contributed by atoms with Gasteiger partial charge in [-0.2, -0.15) is 13.8 Å². The van der Waals surface area contributed by atoms with Gasteiger partial charge in [0.05, 0.1) is 0 Å². The van der Waals surface area contributed by atoms with Gasteiger partial charge in [-0.25, -0.2) is 6.10 Å². The van der Waals surface area contributed by atoms with Crippen LogP contribution < -0.4 is 0 Å². The monoisotopic (exact) mass is 177 g/mol. The van der Waals surface area contributed by atoms with Crippen molar-refractivity contribution in [2.24, 2.45) is 0 Å². The molecule has 0 aliphatic heterocycles. The zero-order valence-electron chi connectivity index (χ0n) is 5.49. The zero-order valence-corrected chi connectivity index (χ0v) is 8.32. The molecule has 0 fully saturated rings. The molecule has 0 N–H and O–H groups in total. The zero-order chi connectivity index (χ0) is 4.28. The van der Waals surface area contributed by atoms with Crippen molar-refractivity contribution in [2.75, 3.05) is 7.11 Å². The van der Waals surface area contributed by atoms with E-state index >= 15 is 0 Å². The van der Waals surface area contributed by atoms with Crippen molar-refractivity contribution in [1.29, 1.82) is 0 Å². The third-order valence-corrected chi connectivity index (χ3v) is 0.408. The number of ether oxygens (including phenoxy) is 1. The van der Waals surface area contributed by atoms with E-state index in [4.69, 9.17) is 0 Å². The van der Waals surface area contributed by atoms with Gasteiger partial charge in [-0.3, -0.25) is 0 Å². The standard InChI is InChI=1S/C4H9O.CH3.Y/c1-4(2)5-3;;/h1-3H3;1H3;/q2*-1;. The molecule has 0 unspecified atom stereocenters. The van der Waals surface area contributed by atoms with Crippen LogP contribution in [-0.2, 0) is 37.4 Å². The van der Waals surface area contributed by atoms with E-state index in [0.717, 1.165) is 6.10 Å². The van der Waals surface area contributed by atoms with Crippen LogP contribution in [0.25, 0.3) is 0 Å². The van der Waals surface area contributed by atoms with E-state index in [1.165, 1.54) is 0 Å². The Morgan fingerprint density at radius 2 is 1.43 bits per heavy atom. The molecular formula is C5H12OY-2. The molecule has 0 bridgehead atoms. The van der Waals surface area contributed by atoms with E-state index in [2.05, 4.69) is 4.74 Å². The van der Waals surface area contributed by atoms with Crippen LogP contribution in [0, 0.1) is 13.5 Å². The first-order valence-corrected chi connectivity index (χ1v) is 1.61. The first kappa shape index (κ1) is 15.7. The number of methoxy groups -OCH3 is 1. The van der Waals surface area contributed by atoms with Gasteiger partial charge in [0.15, 0.2) is 0 Å². The Labute approximate surface area is 71.7 Å². The van der Waals surface area contributed by atoms with Gasteiger partial charge >= 0.3 is 0 Å². The first-order valence-electron chi connectivity index (χ1n) is 1.61. The summed E-state index contributed by atoms with van der Waals surface area (Å²) in [5.74, 6) is 0. The minimum Gasteiger partial charge on any atom is -0.552 e. The third-order valence-electron chi connectivity index (χ3n) is 0.408. The molecule has 1 radical (unpaired) electrons. The van der Waals surface area contributed by atoms with Crippen LogP contribution in [0.2, 0.25) is 0 Å². The second-order valence-electron chi connectivity index (χ2n) is 1.11. The molecule has 0 aromatic carbocycles. The van der Waals surface area contributed by atoms with Gasteiger partial charge in [-0.15, -0.1) is 0 Å². The maximum atomic E-state index is 4.67. The molecule has 0 amide bonds. The fraction of sp³-hybridized carbons (Fsp3) is 0.600. The summed E-state index contributed by atoms with van der Waals surface area (Å²) in [6.45, 7) is 3.83. The Morgan fingerprint density at radius 1 is 1.29 bits per heavy atom. The molecule has 2 heteroatoms. The van der Waals surface area contributed by atoms with E-state index < -0.39 is 0 Å². The summed E-state index contributed by atoms with van der Waals surface area (Å²) in [7, 11) is 1.66. The molecule has 0 aliphatic rings. The van der Waals surface area contributed by atoms with Crippen molar-refractivity contribution in [1.82, 2.24) is 0 Å². The summed E-state index contributed by atoms with van der Waals surface area (Å²) in [6.07, 6.45) is 1.00. The van der Waals surface area contributed by atoms with Crippen LogP contribution in [0.15, 0.2) is 0 Å². The van der Waals surface area contributed by atoms with Gasteiger partial charge in [-0.05, 0) is 7.11 Å². The molecular weight excluding hydrogens is 165 g/mol. The smallest absolute Gasteiger partial charge is 0 e. The van der Waals surface area contributed by atoms with Crippen molar-refractivity contribution in [3.05, 3.63) is 13.5 Å². The van der Waals surface area contributed by atoms with Gasteiger partial charge in [0.25, 0.3) is 0 Å². The number of hydrogen-bond donors (Lipinski definition) is 0. The molecule has 0 saturated heterocycles. The predicted molar refractivity (Wildman–Crippen MR) is 28.0 cm³/mol. The van der Waals surface area contributed by atoms with Crippen molar-refractivity contribution in [3.63, 3.8) is 0 Å². The van der Waals surface area contributed by atoms with Gasteiger partial charge in [0, 0.05) is 32.7 Å². The van der Waals surface area contributed by atoms with Gasteiger partial charge < -0.3 is 12.2 Å². The van der Waals surface area contributed by atoms with Gasteiger partial charge in [0.1, 0.15) is 0 Å². The normalized spacial score (nSPS) is 6.86. The molecule has 0 aromatic rings. The van der Waals surface area contributed by atoms with Crippen molar-refractivity contribution in [3.8, 4) is 0 Å². The van der Waals surface area contributed by atoms with E-state index in [1.807, 2.05) is 13.8 Å². The van der Waals surface area contributed by atoms with Crippen LogP contribution in [-0.4, -0.2) is 7.11 Å². The molecule has 0 aromatic heterocycles. The SMILES string of the molecule is CO[C-](C)C.[CH3-].[Y]. The summed E-state index contributed by atoms with van der Waals surface area (Å²) in [5, 5.41) is 0. The first-order chi connectivity index (χ1) is 2.27. The minimum atomic E-state index is 0. The molecule has 0 heterocycles. The number of rotatable bonds is 1. The van der Waals surface area contributed by atoms with Crippen molar-refractivity contribution >= 4 is 0 Å². The van der Waals surface area contributed by atoms with Crippen LogP contribution in [0.5, 0.6) is 0 Å². The van der Waals surface area contributed by atoms with E-state index in [0.29, 0.717) is 0 Å². The Balaban J connectivity index is -0.0000000800. The quantitative estimate of drug-likeness (QED) is 0.553. The molecule has 0 aliphatic carbocycles. The van der Waals surface area contributed by atoms with E-state index in [1.54, 1.807) is 7.11 Å². The largest absolute Gasteiger partial charge is 0.552 e. The summed E-state index contributed by atoms with van der Waals surface area (Å²) in [5.41, 5.74) is 0. The molecule has 43 valence electrons. The van der Waals surface area contributed by atoms with Gasteiger partial charge in [0.2, 0.25) is 0 Å². The molecule has 7 heavy (non-hydrogen) atoms. The average molecular weight is 177 g/mol. The Hall–Kier alpha value is 1.06. The summed E-state index contributed by atoms with van der Waals surface area (Å²) in [4.78, 5) is 0. The fourth-order valence-electron chi connectivity index (χ4n) is 0. The molecule has 0 atom stereocenters. The van der Waals surface area contributed by atoms with Crippen molar-refractivity contribution in [2.45, 2.75) is 13.8 Å². The van der Waals surface area contributed by atoms with E-state index in [9.17, 15) is 0 Å². The second kappa shape index (κ2) is 10.1. The van der Waals surface area contributed by atoms with Crippen LogP contribution in [0.4, 0.5) is 0 Å². The molecule has 0 saturated carbocycles. The third kappa shape index (κ3) is 19.3. The summed E-state index contributed by atoms with van der Waals surface area (Å²) in [6, 6.07) is 0. The topological polar surface area (TPSA) is 9.23 Å². The Bertz CT molecular complexity index is 22.0. The minimum absolute atomic E-state index is 0. The predicted octanol–water partition coefficient (Wildman–Crippen LogP) is 1.65. The van der Waals surface area contributed by atoms with Crippen LogP contribution in [0.3, 0.4) is 0 Å². The molecule has 0 rings (SSSR count). The molecule has 1 nitrogen and oxygen atoms in total. The van der Waals surface area contributed by atoms with Crippen LogP contribution in [0.1, 0.15) is 13.8 Å². The van der Waals surface area contributed by atoms with Crippen LogP contribution >= 0.6 is 0 Å². The maximum Gasteiger partial charge on any atom is 0 e. The van der Waals surface area contributed by atoms with E-state index in [-0.39, 0.29) is 40.1 Å². The molecule has 0 spiro atoms. The van der Waals surface area contributed by atoms with Crippen molar-refractivity contribution < 1.29 is 37.4 Å². The van der Waals surface area contributed by atoms with Gasteiger partial charge in [-0.1, -0.05) is 0 Å². The Morgan fingerprint density at radius 3 is 1.43 bits per heavy atom. The summed E-state index contributed by atoms with van der Waals surface area (Å²) < 4.78 is 4.67. The fourth-order valence-corrected chi connectivity index (χ4v) is 0.